The van der Waals surface area contributed by atoms with Crippen LogP contribution < -0.4 is 0 Å². The van der Waals surface area contributed by atoms with Crippen molar-refractivity contribution in [1.82, 2.24) is 9.80 Å². The van der Waals surface area contributed by atoms with E-state index in [1.54, 1.807) is 0 Å². The monoisotopic (exact) mass is 873 g/mol. The maximum atomic E-state index is 11.1. The number of ether oxygens (including phenoxy) is 6. The first-order chi connectivity index (χ1) is 29.8. The van der Waals surface area contributed by atoms with Gasteiger partial charge in [-0.25, -0.2) is 0 Å². The van der Waals surface area contributed by atoms with E-state index in [-0.39, 0.29) is 25.3 Å². The van der Waals surface area contributed by atoms with Crippen LogP contribution in [0, 0.1) is 0 Å². The minimum atomic E-state index is -0.696. The van der Waals surface area contributed by atoms with E-state index in [4.69, 9.17) is 33.5 Å². The molecule has 3 atom stereocenters. The van der Waals surface area contributed by atoms with E-state index in [0.29, 0.717) is 0 Å². The second kappa shape index (κ2) is 48.6. The van der Waals surface area contributed by atoms with Crippen molar-refractivity contribution in [2.75, 3.05) is 78.9 Å². The summed E-state index contributed by atoms with van der Waals surface area (Å²) in [7, 11) is 0. The molecule has 0 saturated heterocycles. The first-order valence-electron chi connectivity index (χ1n) is 26.2. The second-order valence-electron chi connectivity index (χ2n) is 17.6. The number of aliphatic carboxylic acids is 1. The number of nitrogens with zero attached hydrogens (tertiary/aromatic N) is 2. The number of rotatable bonds is 52. The summed E-state index contributed by atoms with van der Waals surface area (Å²) in [5.41, 5.74) is 0. The summed E-state index contributed by atoms with van der Waals surface area (Å²) < 4.78 is 35.8. The van der Waals surface area contributed by atoms with Crippen molar-refractivity contribution >= 4 is 5.97 Å². The molecule has 0 aromatic carbocycles. The molecule has 0 aromatic rings. The first kappa shape index (κ1) is 60.2. The van der Waals surface area contributed by atoms with E-state index in [1.807, 2.05) is 20.8 Å². The van der Waals surface area contributed by atoms with Crippen LogP contribution in [-0.2, 0) is 33.2 Å². The Kier molecular flexibility index (Phi) is 47.9. The van der Waals surface area contributed by atoms with E-state index >= 15 is 0 Å². The third-order valence-corrected chi connectivity index (χ3v) is 11.5. The van der Waals surface area contributed by atoms with Crippen molar-refractivity contribution in [3.05, 3.63) is 0 Å². The minimum absolute atomic E-state index is 0.141. The lowest BCUT2D eigenvalue weighted by atomic mass is 10.1. The predicted octanol–water partition coefficient (Wildman–Crippen LogP) is 13.2. The number of hydrogen-bond acceptors (Lipinski definition) is 9. The molecule has 61 heavy (non-hydrogen) atoms. The summed E-state index contributed by atoms with van der Waals surface area (Å²) in [4.78, 5) is 16.3. The standard InChI is InChI=1S/C51H104N2O8/c1-7-10-13-16-19-28-42-56-48(4)59-45-31-25-37-52(36-24-22-23-35-51(54)55)40-34-41-53(38-26-32-46-60-49(5)57-43-29-20-17-14-11-8-2)39-27-33-47-61-50(6)58-44-30-21-18-15-12-9-3/h48-50H,7-47H2,1-6H3,(H,54,55). The third-order valence-electron chi connectivity index (χ3n) is 11.5. The maximum absolute atomic E-state index is 11.1. The van der Waals surface area contributed by atoms with Gasteiger partial charge in [0.15, 0.2) is 18.9 Å². The van der Waals surface area contributed by atoms with E-state index < -0.39 is 5.97 Å². The van der Waals surface area contributed by atoms with Crippen LogP contribution in [0.3, 0.4) is 0 Å². The predicted molar refractivity (Wildman–Crippen MR) is 256 cm³/mol. The van der Waals surface area contributed by atoms with E-state index in [1.165, 1.54) is 96.3 Å². The van der Waals surface area contributed by atoms with Crippen molar-refractivity contribution in [2.24, 2.45) is 0 Å². The highest BCUT2D eigenvalue weighted by molar-refractivity contribution is 5.66. The highest BCUT2D eigenvalue weighted by Gasteiger charge is 2.11. The molecular formula is C51H104N2O8. The largest absolute Gasteiger partial charge is 0.481 e. The Hall–Kier alpha value is -0.850. The first-order valence-corrected chi connectivity index (χ1v) is 26.2. The zero-order valence-electron chi connectivity index (χ0n) is 41.4. The molecule has 0 aliphatic carbocycles. The van der Waals surface area contributed by atoms with Gasteiger partial charge in [0, 0.05) is 46.1 Å². The highest BCUT2D eigenvalue weighted by atomic mass is 16.7. The van der Waals surface area contributed by atoms with Gasteiger partial charge in [-0.15, -0.1) is 0 Å². The Morgan fingerprint density at radius 3 is 0.869 bits per heavy atom. The quantitative estimate of drug-likeness (QED) is 0.0470. The normalized spacial score (nSPS) is 13.4. The van der Waals surface area contributed by atoms with Crippen molar-refractivity contribution in [1.29, 1.82) is 0 Å². The van der Waals surface area contributed by atoms with Crippen LogP contribution in [0.15, 0.2) is 0 Å². The number of carboxylic acid groups (broad SMARTS) is 1. The summed E-state index contributed by atoms with van der Waals surface area (Å²) in [6, 6.07) is 0. The fourth-order valence-corrected chi connectivity index (χ4v) is 7.58. The molecule has 0 radical (unpaired) electrons. The summed E-state index contributed by atoms with van der Waals surface area (Å²) >= 11 is 0. The molecule has 10 heteroatoms. The van der Waals surface area contributed by atoms with Gasteiger partial charge >= 0.3 is 5.97 Å². The van der Waals surface area contributed by atoms with Crippen molar-refractivity contribution in [2.45, 2.75) is 247 Å². The molecular weight excluding hydrogens is 769 g/mol. The Morgan fingerprint density at radius 1 is 0.344 bits per heavy atom. The molecule has 10 nitrogen and oxygen atoms in total. The van der Waals surface area contributed by atoms with Crippen LogP contribution in [-0.4, -0.2) is 119 Å². The average Bonchev–Trinajstić information content (AvgIpc) is 3.24. The van der Waals surface area contributed by atoms with Crippen LogP contribution in [0.1, 0.15) is 228 Å². The van der Waals surface area contributed by atoms with Crippen molar-refractivity contribution in [3.8, 4) is 0 Å². The Balaban J connectivity index is 4.82. The Morgan fingerprint density at radius 2 is 0.574 bits per heavy atom. The molecule has 0 fully saturated rings. The maximum Gasteiger partial charge on any atom is 0.303 e. The summed E-state index contributed by atoms with van der Waals surface area (Å²) in [5.74, 6) is -0.696. The molecule has 366 valence electrons. The van der Waals surface area contributed by atoms with Gasteiger partial charge in [0.25, 0.3) is 0 Å². The fourth-order valence-electron chi connectivity index (χ4n) is 7.58. The fraction of sp³-hybridized carbons (Fsp3) is 0.980. The van der Waals surface area contributed by atoms with Gasteiger partial charge in [0.2, 0.25) is 0 Å². The van der Waals surface area contributed by atoms with Crippen LogP contribution in [0.4, 0.5) is 0 Å². The van der Waals surface area contributed by atoms with Crippen molar-refractivity contribution < 1.29 is 38.3 Å². The topological polar surface area (TPSA) is 99.2 Å². The molecule has 0 aliphatic heterocycles. The molecule has 3 unspecified atom stereocenters. The Labute approximate surface area is 378 Å². The Bertz CT molecular complexity index is 836. The molecule has 1 N–H and O–H groups in total. The molecule has 0 spiro atoms. The van der Waals surface area contributed by atoms with E-state index in [0.717, 1.165) is 162 Å². The van der Waals surface area contributed by atoms with E-state index in [2.05, 4.69) is 30.6 Å². The van der Waals surface area contributed by atoms with Gasteiger partial charge in [0.05, 0.1) is 0 Å². The summed E-state index contributed by atoms with van der Waals surface area (Å²) in [5, 5.41) is 9.10. The third kappa shape index (κ3) is 46.9. The molecule has 0 saturated carbocycles. The molecule has 0 bridgehead atoms. The molecule has 0 heterocycles. The van der Waals surface area contributed by atoms with Gasteiger partial charge in [-0.3, -0.25) is 4.79 Å². The average molecular weight is 873 g/mol. The lowest BCUT2D eigenvalue weighted by molar-refractivity contribution is -0.137. The van der Waals surface area contributed by atoms with Gasteiger partial charge in [0.1, 0.15) is 0 Å². The smallest absolute Gasteiger partial charge is 0.303 e. The van der Waals surface area contributed by atoms with Crippen molar-refractivity contribution in [3.63, 3.8) is 0 Å². The van der Waals surface area contributed by atoms with E-state index in [9.17, 15) is 4.79 Å². The van der Waals surface area contributed by atoms with Gasteiger partial charge in [-0.2, -0.15) is 0 Å². The lowest BCUT2D eigenvalue weighted by Gasteiger charge is -2.26. The zero-order chi connectivity index (χ0) is 44.7. The second-order valence-corrected chi connectivity index (χ2v) is 17.6. The van der Waals surface area contributed by atoms with Crippen LogP contribution >= 0.6 is 0 Å². The molecule has 0 amide bonds. The molecule has 0 aromatic heterocycles. The summed E-state index contributed by atoms with van der Waals surface area (Å²) in [6.07, 6.45) is 32.9. The van der Waals surface area contributed by atoms with Crippen LogP contribution in [0.5, 0.6) is 0 Å². The number of unbranched alkanes of at least 4 members (excludes halogenated alkanes) is 20. The lowest BCUT2D eigenvalue weighted by Crippen LogP contribution is -2.33. The van der Waals surface area contributed by atoms with Gasteiger partial charge < -0.3 is 43.3 Å². The number of carbonyl (C=O) groups is 1. The van der Waals surface area contributed by atoms with Crippen LogP contribution in [0.25, 0.3) is 0 Å². The summed E-state index contributed by atoms with van der Waals surface area (Å²) in [6.45, 7) is 23.7. The minimum Gasteiger partial charge on any atom is -0.481 e. The highest BCUT2D eigenvalue weighted by Crippen LogP contribution is 2.11. The number of carboxylic acids is 1. The molecule has 0 rings (SSSR count). The van der Waals surface area contributed by atoms with Crippen LogP contribution in [0.2, 0.25) is 0 Å². The number of hydrogen-bond donors (Lipinski definition) is 1. The molecule has 0 aliphatic rings. The SMILES string of the molecule is CCCCCCCCOC(C)OCCCCN(CCCCCC(=O)O)CCCN(CCCCOC(C)OCCCCCCCC)CCCCOC(C)OCCCCCCCC. The zero-order valence-corrected chi connectivity index (χ0v) is 41.4. The van der Waals surface area contributed by atoms with Gasteiger partial charge in [-0.1, -0.05) is 124 Å². The van der Waals surface area contributed by atoms with Gasteiger partial charge in [-0.05, 0) is 137 Å².